The first-order chi connectivity index (χ1) is 9.22. The minimum atomic E-state index is -0.258. The zero-order chi connectivity index (χ0) is 13.2. The molecule has 19 heavy (non-hydrogen) atoms. The molecule has 0 spiro atoms. The summed E-state index contributed by atoms with van der Waals surface area (Å²) in [4.78, 5) is 0. The smallest absolute Gasteiger partial charge is 0.159 e. The van der Waals surface area contributed by atoms with Gasteiger partial charge >= 0.3 is 0 Å². The Morgan fingerprint density at radius 2 is 1.74 bits per heavy atom. The lowest BCUT2D eigenvalue weighted by molar-refractivity contribution is 0.628. The van der Waals surface area contributed by atoms with Crippen molar-refractivity contribution in [2.75, 3.05) is 5.32 Å². The van der Waals surface area contributed by atoms with Crippen LogP contribution in [-0.4, -0.2) is 10.2 Å². The molecule has 1 heterocycles. The number of fused-ring (bicyclic) bond motifs is 1. The van der Waals surface area contributed by atoms with E-state index in [0.29, 0.717) is 5.15 Å². The van der Waals surface area contributed by atoms with Gasteiger partial charge in [0.1, 0.15) is 5.82 Å². The van der Waals surface area contributed by atoms with Crippen LogP contribution in [0.15, 0.2) is 48.7 Å². The van der Waals surface area contributed by atoms with Crippen molar-refractivity contribution < 1.29 is 4.39 Å². The molecule has 0 saturated carbocycles. The normalized spacial score (nSPS) is 10.6. The molecule has 3 rings (SSSR count). The lowest BCUT2D eigenvalue weighted by Gasteiger charge is -2.07. The number of hydrogen-bond acceptors (Lipinski definition) is 3. The van der Waals surface area contributed by atoms with Gasteiger partial charge in [0.15, 0.2) is 5.15 Å². The molecule has 3 aromatic rings. The average molecular weight is 274 g/mol. The van der Waals surface area contributed by atoms with Crippen LogP contribution in [0.25, 0.3) is 10.8 Å². The monoisotopic (exact) mass is 273 g/mol. The summed E-state index contributed by atoms with van der Waals surface area (Å²) in [6.07, 6.45) is 1.65. The molecule has 0 aliphatic rings. The maximum Gasteiger partial charge on any atom is 0.159 e. The highest BCUT2D eigenvalue weighted by Gasteiger charge is 2.02. The van der Waals surface area contributed by atoms with Crippen molar-refractivity contribution in [3.63, 3.8) is 0 Å². The lowest BCUT2D eigenvalue weighted by atomic mass is 10.2. The lowest BCUT2D eigenvalue weighted by Crippen LogP contribution is -1.91. The summed E-state index contributed by atoms with van der Waals surface area (Å²) in [6.45, 7) is 0. The van der Waals surface area contributed by atoms with E-state index in [9.17, 15) is 4.39 Å². The minimum Gasteiger partial charge on any atom is -0.356 e. The average Bonchev–Trinajstić information content (AvgIpc) is 2.42. The van der Waals surface area contributed by atoms with Gasteiger partial charge in [-0.2, -0.15) is 5.10 Å². The molecule has 94 valence electrons. The number of rotatable bonds is 2. The van der Waals surface area contributed by atoms with Gasteiger partial charge in [-0.05, 0) is 42.5 Å². The molecule has 0 aliphatic carbocycles. The number of nitrogens with one attached hydrogen (secondary N) is 1. The predicted octanol–water partition coefficient (Wildman–Crippen LogP) is 4.17. The van der Waals surface area contributed by atoms with Crippen molar-refractivity contribution in [2.24, 2.45) is 0 Å². The van der Waals surface area contributed by atoms with Gasteiger partial charge in [0.05, 0.1) is 6.20 Å². The molecular weight excluding hydrogens is 265 g/mol. The second-order valence-electron chi connectivity index (χ2n) is 4.07. The Morgan fingerprint density at radius 3 is 2.53 bits per heavy atom. The van der Waals surface area contributed by atoms with E-state index in [1.54, 1.807) is 18.3 Å². The van der Waals surface area contributed by atoms with Crippen LogP contribution in [-0.2, 0) is 0 Å². The standard InChI is InChI=1S/C14H9ClFN3/c15-14-13-6-5-12(7-9(13)8-17-19-14)18-11-3-1-10(16)2-4-11/h1-8,18H. The van der Waals surface area contributed by atoms with Crippen LogP contribution in [0.3, 0.4) is 0 Å². The number of anilines is 2. The number of benzene rings is 2. The first-order valence-electron chi connectivity index (χ1n) is 5.66. The maximum absolute atomic E-state index is 12.8. The van der Waals surface area contributed by atoms with Gasteiger partial charge in [-0.1, -0.05) is 11.6 Å². The molecular formula is C14H9ClFN3. The van der Waals surface area contributed by atoms with E-state index in [0.717, 1.165) is 22.1 Å². The third-order valence-electron chi connectivity index (χ3n) is 2.75. The van der Waals surface area contributed by atoms with Crippen molar-refractivity contribution >= 4 is 33.7 Å². The molecule has 0 radical (unpaired) electrons. The number of nitrogens with zero attached hydrogens (tertiary/aromatic N) is 2. The summed E-state index contributed by atoms with van der Waals surface area (Å²) < 4.78 is 12.8. The van der Waals surface area contributed by atoms with Gasteiger partial charge in [-0.15, -0.1) is 5.10 Å². The van der Waals surface area contributed by atoms with E-state index >= 15 is 0 Å². The molecule has 0 bridgehead atoms. The number of aromatic nitrogens is 2. The van der Waals surface area contributed by atoms with E-state index in [1.165, 1.54) is 12.1 Å². The van der Waals surface area contributed by atoms with E-state index < -0.39 is 0 Å². The van der Waals surface area contributed by atoms with Gasteiger partial charge in [-0.25, -0.2) is 4.39 Å². The molecule has 0 atom stereocenters. The molecule has 2 aromatic carbocycles. The van der Waals surface area contributed by atoms with Gasteiger partial charge in [0, 0.05) is 22.1 Å². The van der Waals surface area contributed by atoms with Crippen molar-refractivity contribution in [3.05, 3.63) is 59.6 Å². The van der Waals surface area contributed by atoms with Crippen LogP contribution < -0.4 is 5.32 Å². The molecule has 0 aliphatic heterocycles. The molecule has 1 aromatic heterocycles. The third-order valence-corrected chi connectivity index (χ3v) is 3.03. The molecule has 5 heteroatoms. The van der Waals surface area contributed by atoms with Crippen molar-refractivity contribution in [3.8, 4) is 0 Å². The first-order valence-corrected chi connectivity index (χ1v) is 6.04. The van der Waals surface area contributed by atoms with E-state index in [4.69, 9.17) is 11.6 Å². The summed E-state index contributed by atoms with van der Waals surface area (Å²) in [5.41, 5.74) is 1.69. The topological polar surface area (TPSA) is 37.8 Å². The Kier molecular flexibility index (Phi) is 3.01. The fourth-order valence-electron chi connectivity index (χ4n) is 1.83. The van der Waals surface area contributed by atoms with E-state index in [1.807, 2.05) is 18.2 Å². The highest BCUT2D eigenvalue weighted by atomic mass is 35.5. The number of halogens is 2. The Morgan fingerprint density at radius 1 is 1.00 bits per heavy atom. The van der Waals surface area contributed by atoms with Crippen LogP contribution in [0.5, 0.6) is 0 Å². The van der Waals surface area contributed by atoms with Gasteiger partial charge in [0.25, 0.3) is 0 Å². The largest absolute Gasteiger partial charge is 0.356 e. The molecule has 0 fully saturated rings. The quantitative estimate of drug-likeness (QED) is 0.762. The summed E-state index contributed by atoms with van der Waals surface area (Å²) in [5.74, 6) is -0.258. The van der Waals surface area contributed by atoms with Crippen LogP contribution in [0.2, 0.25) is 5.15 Å². The molecule has 1 N–H and O–H groups in total. The third kappa shape index (κ3) is 2.48. The van der Waals surface area contributed by atoms with Gasteiger partial charge in [-0.3, -0.25) is 0 Å². The Hall–Kier alpha value is -2.20. The first kappa shape index (κ1) is 11.9. The summed E-state index contributed by atoms with van der Waals surface area (Å²) >= 11 is 5.95. The Bertz CT molecular complexity index is 728. The SMILES string of the molecule is Fc1ccc(Nc2ccc3c(Cl)nncc3c2)cc1. The summed E-state index contributed by atoms with van der Waals surface area (Å²) in [6, 6.07) is 11.8. The maximum atomic E-state index is 12.8. The van der Waals surface area contributed by atoms with Crippen LogP contribution in [0.1, 0.15) is 0 Å². The fraction of sp³-hybridized carbons (Fsp3) is 0. The fourth-order valence-corrected chi connectivity index (χ4v) is 2.05. The van der Waals surface area contributed by atoms with Crippen LogP contribution in [0, 0.1) is 5.82 Å². The zero-order valence-electron chi connectivity index (χ0n) is 9.77. The second kappa shape index (κ2) is 4.82. The minimum absolute atomic E-state index is 0.258. The predicted molar refractivity (Wildman–Crippen MR) is 74.2 cm³/mol. The van der Waals surface area contributed by atoms with Crippen LogP contribution in [0.4, 0.5) is 15.8 Å². The summed E-state index contributed by atoms with van der Waals surface area (Å²) in [5, 5.41) is 12.9. The zero-order valence-corrected chi connectivity index (χ0v) is 10.5. The summed E-state index contributed by atoms with van der Waals surface area (Å²) in [7, 11) is 0. The highest BCUT2D eigenvalue weighted by Crippen LogP contribution is 2.25. The molecule has 0 unspecified atom stereocenters. The van der Waals surface area contributed by atoms with Crippen molar-refractivity contribution in [2.45, 2.75) is 0 Å². The van der Waals surface area contributed by atoms with Gasteiger partial charge < -0.3 is 5.32 Å². The van der Waals surface area contributed by atoms with E-state index in [2.05, 4.69) is 15.5 Å². The van der Waals surface area contributed by atoms with E-state index in [-0.39, 0.29) is 5.82 Å². The molecule has 0 saturated heterocycles. The Labute approximate surface area is 114 Å². The molecule has 3 nitrogen and oxygen atoms in total. The highest BCUT2D eigenvalue weighted by molar-refractivity contribution is 6.34. The molecule has 0 amide bonds. The second-order valence-corrected chi connectivity index (χ2v) is 4.43. The van der Waals surface area contributed by atoms with Crippen molar-refractivity contribution in [1.29, 1.82) is 0 Å². The number of hydrogen-bond donors (Lipinski definition) is 1. The van der Waals surface area contributed by atoms with Gasteiger partial charge in [0.2, 0.25) is 0 Å². The van der Waals surface area contributed by atoms with Crippen molar-refractivity contribution in [1.82, 2.24) is 10.2 Å². The van der Waals surface area contributed by atoms with Crippen LogP contribution >= 0.6 is 11.6 Å². The Balaban J connectivity index is 1.95.